The maximum absolute atomic E-state index is 13.1. The van der Waals surface area contributed by atoms with Crippen LogP contribution in [0.3, 0.4) is 0 Å². The Labute approximate surface area is 163 Å². The number of hydrogen-bond donors (Lipinski definition) is 1. The van der Waals surface area contributed by atoms with Gasteiger partial charge in [0, 0.05) is 17.2 Å². The van der Waals surface area contributed by atoms with E-state index in [-0.39, 0.29) is 29.4 Å². The lowest BCUT2D eigenvalue weighted by molar-refractivity contribution is -0.127. The molecule has 1 amide bonds. The van der Waals surface area contributed by atoms with Gasteiger partial charge in [-0.3, -0.25) is 9.59 Å². The number of nitrogens with one attached hydrogen (secondary N) is 1. The molecule has 28 heavy (non-hydrogen) atoms. The van der Waals surface area contributed by atoms with Gasteiger partial charge in [-0.15, -0.1) is 0 Å². The van der Waals surface area contributed by atoms with Crippen molar-refractivity contribution in [3.05, 3.63) is 52.6 Å². The molecule has 1 aromatic carbocycles. The molecular weight excluding hydrogens is 357 g/mol. The second kappa shape index (κ2) is 6.54. The molecular formula is C22H24FN3O2. The Balaban J connectivity index is 1.33. The predicted molar refractivity (Wildman–Crippen MR) is 103 cm³/mol. The van der Waals surface area contributed by atoms with Crippen molar-refractivity contribution in [1.29, 1.82) is 0 Å². The molecule has 1 aromatic heterocycles. The average molecular weight is 381 g/mol. The number of carbonyl (C=O) groups excluding carboxylic acids is 1. The van der Waals surface area contributed by atoms with Crippen molar-refractivity contribution in [1.82, 2.24) is 15.1 Å². The van der Waals surface area contributed by atoms with Crippen molar-refractivity contribution in [2.24, 2.45) is 17.8 Å². The first-order chi connectivity index (χ1) is 13.5. The summed E-state index contributed by atoms with van der Waals surface area (Å²) in [4.78, 5) is 25.0. The van der Waals surface area contributed by atoms with E-state index in [1.807, 2.05) is 0 Å². The number of rotatable bonds is 4. The van der Waals surface area contributed by atoms with E-state index < -0.39 is 0 Å². The van der Waals surface area contributed by atoms with Gasteiger partial charge >= 0.3 is 0 Å². The minimum atomic E-state index is -0.327. The van der Waals surface area contributed by atoms with Crippen LogP contribution >= 0.6 is 0 Å². The molecule has 1 heterocycles. The van der Waals surface area contributed by atoms with E-state index in [1.54, 1.807) is 18.2 Å². The van der Waals surface area contributed by atoms with Gasteiger partial charge in [-0.2, -0.15) is 5.10 Å². The zero-order chi connectivity index (χ0) is 19.3. The summed E-state index contributed by atoms with van der Waals surface area (Å²) in [6.45, 7) is -0.0877. The highest BCUT2D eigenvalue weighted by molar-refractivity contribution is 5.76. The van der Waals surface area contributed by atoms with Crippen LogP contribution in [0.1, 0.15) is 38.5 Å². The predicted octanol–water partition coefficient (Wildman–Crippen LogP) is 3.13. The third kappa shape index (κ3) is 3.25. The topological polar surface area (TPSA) is 64.0 Å². The van der Waals surface area contributed by atoms with Gasteiger partial charge < -0.3 is 5.32 Å². The van der Waals surface area contributed by atoms with Crippen molar-refractivity contribution in [3.8, 4) is 11.3 Å². The van der Waals surface area contributed by atoms with Crippen LogP contribution in [0.5, 0.6) is 0 Å². The Kier molecular flexibility index (Phi) is 4.11. The SMILES string of the molecule is O=C(Cn1nc(-c2ccc(F)cc2)ccc1=O)NC12CC3CC(CC(C3)C1)C2. The van der Waals surface area contributed by atoms with Gasteiger partial charge in [-0.25, -0.2) is 9.07 Å². The van der Waals surface area contributed by atoms with Crippen molar-refractivity contribution >= 4 is 5.91 Å². The van der Waals surface area contributed by atoms with Crippen molar-refractivity contribution in [2.45, 2.75) is 50.6 Å². The first-order valence-electron chi connectivity index (χ1n) is 10.1. The molecule has 2 aromatic rings. The molecule has 0 saturated heterocycles. The number of carbonyl (C=O) groups is 1. The lowest BCUT2D eigenvalue weighted by Gasteiger charge is -2.56. The zero-order valence-corrected chi connectivity index (χ0v) is 15.7. The van der Waals surface area contributed by atoms with E-state index in [0.29, 0.717) is 11.3 Å². The van der Waals surface area contributed by atoms with Gasteiger partial charge in [0.05, 0.1) is 5.69 Å². The molecule has 6 heteroatoms. The lowest BCUT2D eigenvalue weighted by atomic mass is 9.53. The molecule has 0 atom stereocenters. The summed E-state index contributed by atoms with van der Waals surface area (Å²) in [6, 6.07) is 8.94. The highest BCUT2D eigenvalue weighted by atomic mass is 19.1. The Morgan fingerprint density at radius 3 is 2.25 bits per heavy atom. The molecule has 4 aliphatic rings. The fourth-order valence-electron chi connectivity index (χ4n) is 6.07. The van der Waals surface area contributed by atoms with Gasteiger partial charge in [0.2, 0.25) is 5.91 Å². The van der Waals surface area contributed by atoms with Gasteiger partial charge in [-0.05, 0) is 86.6 Å². The summed E-state index contributed by atoms with van der Waals surface area (Å²) >= 11 is 0. The maximum Gasteiger partial charge on any atom is 0.267 e. The zero-order valence-electron chi connectivity index (χ0n) is 15.7. The molecule has 0 radical (unpaired) electrons. The van der Waals surface area contributed by atoms with Crippen LogP contribution in [0.2, 0.25) is 0 Å². The monoisotopic (exact) mass is 381 g/mol. The van der Waals surface area contributed by atoms with E-state index in [1.165, 1.54) is 42.1 Å². The molecule has 6 rings (SSSR count). The first-order valence-corrected chi connectivity index (χ1v) is 10.1. The Morgan fingerprint density at radius 2 is 1.64 bits per heavy atom. The van der Waals surface area contributed by atoms with E-state index in [2.05, 4.69) is 10.4 Å². The summed E-state index contributed by atoms with van der Waals surface area (Å²) < 4.78 is 14.3. The van der Waals surface area contributed by atoms with Crippen molar-refractivity contribution in [3.63, 3.8) is 0 Å². The number of nitrogens with zero attached hydrogens (tertiary/aromatic N) is 2. The quantitative estimate of drug-likeness (QED) is 0.885. The average Bonchev–Trinajstić information content (AvgIpc) is 2.62. The Hall–Kier alpha value is -2.50. The van der Waals surface area contributed by atoms with Gasteiger partial charge in [0.1, 0.15) is 12.4 Å². The number of benzene rings is 1. The summed E-state index contributed by atoms with van der Waals surface area (Å²) in [5.74, 6) is 1.76. The molecule has 4 fully saturated rings. The third-order valence-electron chi connectivity index (χ3n) is 6.74. The molecule has 146 valence electrons. The highest BCUT2D eigenvalue weighted by Gasteiger charge is 2.51. The minimum absolute atomic E-state index is 0.0794. The van der Waals surface area contributed by atoms with Crippen LogP contribution in [0, 0.1) is 23.6 Å². The van der Waals surface area contributed by atoms with E-state index in [0.717, 1.165) is 37.0 Å². The summed E-state index contributed by atoms with van der Waals surface area (Å²) in [7, 11) is 0. The van der Waals surface area contributed by atoms with Gasteiger partial charge in [0.15, 0.2) is 0 Å². The molecule has 0 aliphatic heterocycles. The van der Waals surface area contributed by atoms with Crippen LogP contribution in [0.15, 0.2) is 41.2 Å². The van der Waals surface area contributed by atoms with Crippen molar-refractivity contribution < 1.29 is 9.18 Å². The van der Waals surface area contributed by atoms with Crippen LogP contribution in [0.25, 0.3) is 11.3 Å². The highest BCUT2D eigenvalue weighted by Crippen LogP contribution is 2.55. The minimum Gasteiger partial charge on any atom is -0.349 e. The second-order valence-corrected chi connectivity index (χ2v) is 8.97. The standard InChI is InChI=1S/C22H24FN3O2/c23-18-3-1-17(2-4-18)19-5-6-21(28)26(25-19)13-20(27)24-22-10-14-7-15(11-22)9-16(8-14)12-22/h1-6,14-16H,7-13H2,(H,24,27). The number of hydrogen-bond acceptors (Lipinski definition) is 3. The van der Waals surface area contributed by atoms with Crippen LogP contribution < -0.4 is 10.9 Å². The van der Waals surface area contributed by atoms with Crippen LogP contribution in [-0.2, 0) is 11.3 Å². The van der Waals surface area contributed by atoms with Crippen molar-refractivity contribution in [2.75, 3.05) is 0 Å². The smallest absolute Gasteiger partial charge is 0.267 e. The first kappa shape index (κ1) is 17.6. The van der Waals surface area contributed by atoms with Gasteiger partial charge in [0.25, 0.3) is 5.56 Å². The molecule has 0 spiro atoms. The number of amides is 1. The summed E-state index contributed by atoms with van der Waals surface area (Å²) in [5.41, 5.74) is 0.856. The summed E-state index contributed by atoms with van der Waals surface area (Å²) in [5, 5.41) is 7.61. The van der Waals surface area contributed by atoms with E-state index in [4.69, 9.17) is 0 Å². The van der Waals surface area contributed by atoms with Gasteiger partial charge in [-0.1, -0.05) is 0 Å². The van der Waals surface area contributed by atoms with E-state index in [9.17, 15) is 14.0 Å². The molecule has 4 saturated carbocycles. The number of aromatic nitrogens is 2. The normalized spacial score (nSPS) is 30.4. The molecule has 0 unspecified atom stereocenters. The molecule has 1 N–H and O–H groups in total. The maximum atomic E-state index is 13.1. The largest absolute Gasteiger partial charge is 0.349 e. The Morgan fingerprint density at radius 1 is 1.04 bits per heavy atom. The third-order valence-corrected chi connectivity index (χ3v) is 6.74. The second-order valence-electron chi connectivity index (χ2n) is 8.97. The van der Waals surface area contributed by atoms with Crippen LogP contribution in [0.4, 0.5) is 4.39 Å². The number of halogens is 1. The fourth-order valence-corrected chi connectivity index (χ4v) is 6.07. The lowest BCUT2D eigenvalue weighted by Crippen LogP contribution is -2.60. The fraction of sp³-hybridized carbons (Fsp3) is 0.500. The van der Waals surface area contributed by atoms with E-state index >= 15 is 0 Å². The molecule has 4 bridgehead atoms. The molecule has 4 aliphatic carbocycles. The Bertz CT molecular complexity index is 931. The molecule has 5 nitrogen and oxygen atoms in total. The van der Waals surface area contributed by atoms with Crippen LogP contribution in [-0.4, -0.2) is 21.2 Å². The summed E-state index contributed by atoms with van der Waals surface area (Å²) in [6.07, 6.45) is 7.16.